The first-order chi connectivity index (χ1) is 14.6. The van der Waals surface area contributed by atoms with Gasteiger partial charge in [-0.3, -0.25) is 9.69 Å². The number of amides is 1. The smallest absolute Gasteiger partial charge is 0.342 e. The first-order valence-electron chi connectivity index (χ1n) is 10.8. The van der Waals surface area contributed by atoms with Gasteiger partial charge in [-0.1, -0.05) is 6.07 Å². The quantitative estimate of drug-likeness (QED) is 0.597. The highest BCUT2D eigenvalue weighted by atomic mass is 32.2. The van der Waals surface area contributed by atoms with Gasteiger partial charge in [0.15, 0.2) is 0 Å². The van der Waals surface area contributed by atoms with E-state index in [1.807, 2.05) is 18.7 Å². The van der Waals surface area contributed by atoms with Crippen molar-refractivity contribution in [1.82, 2.24) is 14.1 Å². The zero-order valence-corrected chi connectivity index (χ0v) is 18.8. The molecule has 1 heterocycles. The third-order valence-electron chi connectivity index (χ3n) is 6.04. The number of hydrogen-bond acceptors (Lipinski definition) is 4. The zero-order chi connectivity index (χ0) is 22.8. The molecule has 2 aliphatic rings. The second-order valence-corrected chi connectivity index (χ2v) is 10.0. The molecule has 31 heavy (non-hydrogen) atoms. The molecule has 1 aromatic rings. The molecule has 10 heteroatoms. The Hall–Kier alpha value is -1.65. The van der Waals surface area contributed by atoms with Gasteiger partial charge in [0, 0.05) is 38.3 Å². The van der Waals surface area contributed by atoms with Crippen LogP contribution in [0.1, 0.15) is 45.1 Å². The van der Waals surface area contributed by atoms with E-state index in [-0.39, 0.29) is 22.9 Å². The fourth-order valence-electron chi connectivity index (χ4n) is 4.17. The standard InChI is InChI=1S/C21H30F3N3O3S/c1-3-26(4-2)20(28)15-25-12-10-18(11-13-25)27(17-8-9-17)31(29,30)19-7-5-6-16(14-19)21(22,23)24/h5-7,14,17-18H,3-4,8-13,15H2,1-2H3. The zero-order valence-electron chi connectivity index (χ0n) is 17.9. The van der Waals surface area contributed by atoms with Gasteiger partial charge in [-0.25, -0.2) is 8.42 Å². The van der Waals surface area contributed by atoms with Crippen LogP contribution in [0.15, 0.2) is 29.2 Å². The predicted molar refractivity (Wildman–Crippen MR) is 111 cm³/mol. The molecule has 0 N–H and O–H groups in total. The average molecular weight is 462 g/mol. The van der Waals surface area contributed by atoms with Gasteiger partial charge < -0.3 is 4.90 Å². The molecule has 174 valence electrons. The molecular formula is C21H30F3N3O3S. The van der Waals surface area contributed by atoms with Gasteiger partial charge in [-0.05, 0) is 57.7 Å². The van der Waals surface area contributed by atoms with Crippen molar-refractivity contribution in [2.75, 3.05) is 32.7 Å². The first-order valence-corrected chi connectivity index (χ1v) is 12.2. The summed E-state index contributed by atoms with van der Waals surface area (Å²) in [6.45, 7) is 6.63. The summed E-state index contributed by atoms with van der Waals surface area (Å²) in [4.78, 5) is 15.8. The Labute approximate surface area is 182 Å². The highest BCUT2D eigenvalue weighted by Gasteiger charge is 2.44. The molecule has 2 fully saturated rings. The second kappa shape index (κ2) is 9.46. The molecule has 0 unspecified atom stereocenters. The van der Waals surface area contributed by atoms with E-state index in [1.165, 1.54) is 10.4 Å². The average Bonchev–Trinajstić information content (AvgIpc) is 3.54. The number of piperidine rings is 1. The SMILES string of the molecule is CCN(CC)C(=O)CN1CCC(N(C2CC2)S(=O)(=O)c2cccc(C(F)(F)F)c2)CC1. The van der Waals surface area contributed by atoms with E-state index in [2.05, 4.69) is 0 Å². The molecular weight excluding hydrogens is 431 g/mol. The minimum absolute atomic E-state index is 0.0547. The van der Waals surface area contributed by atoms with E-state index >= 15 is 0 Å². The summed E-state index contributed by atoms with van der Waals surface area (Å²) >= 11 is 0. The van der Waals surface area contributed by atoms with Crippen molar-refractivity contribution < 1.29 is 26.4 Å². The third-order valence-corrected chi connectivity index (χ3v) is 8.04. The lowest BCUT2D eigenvalue weighted by molar-refractivity contribution is -0.137. The Morgan fingerprint density at radius 1 is 1.06 bits per heavy atom. The van der Waals surface area contributed by atoms with Crippen molar-refractivity contribution in [3.05, 3.63) is 29.8 Å². The van der Waals surface area contributed by atoms with Gasteiger partial charge in [-0.2, -0.15) is 17.5 Å². The van der Waals surface area contributed by atoms with Gasteiger partial charge >= 0.3 is 6.18 Å². The molecule has 1 saturated carbocycles. The second-order valence-electron chi connectivity index (χ2n) is 8.17. The molecule has 0 atom stereocenters. The fraction of sp³-hybridized carbons (Fsp3) is 0.667. The maximum absolute atomic E-state index is 13.3. The van der Waals surface area contributed by atoms with E-state index < -0.39 is 21.8 Å². The number of benzene rings is 1. The summed E-state index contributed by atoms with van der Waals surface area (Å²) in [5.74, 6) is 0.0547. The monoisotopic (exact) mass is 461 g/mol. The van der Waals surface area contributed by atoms with Crippen LogP contribution >= 0.6 is 0 Å². The molecule has 0 radical (unpaired) electrons. The third kappa shape index (κ3) is 5.59. The van der Waals surface area contributed by atoms with Crippen molar-refractivity contribution in [3.63, 3.8) is 0 Å². The van der Waals surface area contributed by atoms with Gasteiger partial charge in [0.25, 0.3) is 0 Å². The van der Waals surface area contributed by atoms with Crippen molar-refractivity contribution in [2.45, 2.75) is 62.7 Å². The molecule has 1 aliphatic heterocycles. The van der Waals surface area contributed by atoms with Crippen LogP contribution in [0.3, 0.4) is 0 Å². The van der Waals surface area contributed by atoms with Crippen LogP contribution < -0.4 is 0 Å². The van der Waals surface area contributed by atoms with Crippen LogP contribution in [0.5, 0.6) is 0 Å². The van der Waals surface area contributed by atoms with Crippen molar-refractivity contribution in [2.24, 2.45) is 0 Å². The maximum Gasteiger partial charge on any atom is 0.416 e. The van der Waals surface area contributed by atoms with Crippen LogP contribution in [0.25, 0.3) is 0 Å². The van der Waals surface area contributed by atoms with E-state index in [1.54, 1.807) is 4.90 Å². The largest absolute Gasteiger partial charge is 0.416 e. The molecule has 0 aromatic heterocycles. The normalized spacial score (nSPS) is 19.0. The molecule has 6 nitrogen and oxygen atoms in total. The summed E-state index contributed by atoms with van der Waals surface area (Å²) in [5.41, 5.74) is -0.964. The number of likely N-dealkylation sites (N-methyl/N-ethyl adjacent to an activating group) is 1. The molecule has 1 saturated heterocycles. The van der Waals surface area contributed by atoms with Gasteiger partial charge in [-0.15, -0.1) is 0 Å². The Bertz CT molecular complexity index is 875. The number of nitrogens with zero attached hydrogens (tertiary/aromatic N) is 3. The highest BCUT2D eigenvalue weighted by Crippen LogP contribution is 2.38. The lowest BCUT2D eigenvalue weighted by Crippen LogP contribution is -2.50. The number of carbonyl (C=O) groups is 1. The van der Waals surface area contributed by atoms with Crippen LogP contribution in [-0.4, -0.2) is 73.2 Å². The highest BCUT2D eigenvalue weighted by molar-refractivity contribution is 7.89. The van der Waals surface area contributed by atoms with Gasteiger partial charge in [0.2, 0.25) is 15.9 Å². The van der Waals surface area contributed by atoms with Gasteiger partial charge in [0.1, 0.15) is 0 Å². The summed E-state index contributed by atoms with van der Waals surface area (Å²) in [5, 5.41) is 0. The summed E-state index contributed by atoms with van der Waals surface area (Å²) < 4.78 is 67.3. The first kappa shape index (κ1) is 24.0. The lowest BCUT2D eigenvalue weighted by Gasteiger charge is -2.38. The van der Waals surface area contributed by atoms with E-state index in [0.29, 0.717) is 45.6 Å². The number of likely N-dealkylation sites (tertiary alicyclic amines) is 1. The Balaban J connectivity index is 1.72. The van der Waals surface area contributed by atoms with Crippen molar-refractivity contribution in [1.29, 1.82) is 0 Å². The summed E-state index contributed by atoms with van der Waals surface area (Å²) in [6.07, 6.45) is -2.04. The van der Waals surface area contributed by atoms with Crippen LogP contribution in [0, 0.1) is 0 Å². The molecule has 0 spiro atoms. The minimum atomic E-state index is -4.60. The van der Waals surface area contributed by atoms with Crippen LogP contribution in [0.4, 0.5) is 13.2 Å². The summed E-state index contributed by atoms with van der Waals surface area (Å²) in [7, 11) is -4.04. The molecule has 0 bridgehead atoms. The van der Waals surface area contributed by atoms with Crippen molar-refractivity contribution in [3.8, 4) is 0 Å². The molecule has 3 rings (SSSR count). The van der Waals surface area contributed by atoms with Gasteiger partial charge in [0.05, 0.1) is 17.0 Å². The van der Waals surface area contributed by atoms with Crippen molar-refractivity contribution >= 4 is 15.9 Å². The van der Waals surface area contributed by atoms with E-state index in [4.69, 9.17) is 0 Å². The summed E-state index contributed by atoms with van der Waals surface area (Å²) in [6, 6.07) is 3.55. The predicted octanol–water partition coefficient (Wildman–Crippen LogP) is 3.19. The maximum atomic E-state index is 13.3. The fourth-order valence-corrected chi connectivity index (χ4v) is 6.15. The Kier molecular flexibility index (Phi) is 7.32. The Morgan fingerprint density at radius 3 is 2.16 bits per heavy atom. The number of alkyl halides is 3. The minimum Gasteiger partial charge on any atom is -0.342 e. The molecule has 1 aliphatic carbocycles. The lowest BCUT2D eigenvalue weighted by atomic mass is 10.0. The number of carbonyl (C=O) groups excluding carboxylic acids is 1. The number of hydrogen-bond donors (Lipinski definition) is 0. The van der Waals surface area contributed by atoms with Crippen LogP contribution in [-0.2, 0) is 21.0 Å². The number of rotatable bonds is 8. The van der Waals surface area contributed by atoms with Crippen LogP contribution in [0.2, 0.25) is 0 Å². The topological polar surface area (TPSA) is 60.9 Å². The molecule has 1 amide bonds. The Morgan fingerprint density at radius 2 is 1.65 bits per heavy atom. The number of sulfonamides is 1. The number of halogens is 3. The molecule has 1 aromatic carbocycles. The van der Waals surface area contributed by atoms with E-state index in [9.17, 15) is 26.4 Å². The van der Waals surface area contributed by atoms with E-state index in [0.717, 1.165) is 31.0 Å².